The Bertz CT molecular complexity index is 1540. The van der Waals surface area contributed by atoms with E-state index in [0.29, 0.717) is 6.71 Å². The minimum atomic E-state index is -0.0170. The molecule has 3 heterocycles. The van der Waals surface area contributed by atoms with Gasteiger partial charge in [-0.3, -0.25) is 0 Å². The van der Waals surface area contributed by atoms with Crippen LogP contribution in [0.5, 0.6) is 0 Å². The van der Waals surface area contributed by atoms with Gasteiger partial charge in [0.1, 0.15) is 0 Å². The molecule has 1 aromatic heterocycles. The quantitative estimate of drug-likeness (QED) is 0.339. The molecule has 5 aromatic rings. The van der Waals surface area contributed by atoms with E-state index in [1.54, 1.807) is 0 Å². The minimum Gasteiger partial charge on any atom is -0.310 e. The lowest BCUT2D eigenvalue weighted by Gasteiger charge is -2.42. The average molecular weight is 383 g/mol. The lowest BCUT2D eigenvalue weighted by atomic mass is 9.30. The van der Waals surface area contributed by atoms with E-state index in [1.165, 1.54) is 60.6 Å². The monoisotopic (exact) mass is 383 g/mol. The second kappa shape index (κ2) is 5.26. The zero-order valence-corrected chi connectivity index (χ0v) is 17.5. The highest BCUT2D eigenvalue weighted by Crippen LogP contribution is 2.40. The Morgan fingerprint density at radius 2 is 1.47 bits per heavy atom. The fraction of sp³-hybridized carbons (Fsp3) is 0.143. The Hall–Kier alpha value is -3.26. The van der Waals surface area contributed by atoms with E-state index in [1.807, 2.05) is 0 Å². The van der Waals surface area contributed by atoms with E-state index in [9.17, 15) is 0 Å². The van der Waals surface area contributed by atoms with E-state index < -0.39 is 0 Å². The summed E-state index contributed by atoms with van der Waals surface area (Å²) < 4.78 is 2.52. The first-order valence-corrected chi connectivity index (χ1v) is 10.8. The smallest absolute Gasteiger partial charge is 0.247 e. The van der Waals surface area contributed by atoms with Crippen LogP contribution in [0.2, 0.25) is 0 Å². The first-order chi connectivity index (χ1) is 14.6. The molecule has 0 amide bonds. The number of hydrogen-bond donors (Lipinski definition) is 0. The van der Waals surface area contributed by atoms with E-state index in [2.05, 4.69) is 104 Å². The van der Waals surface area contributed by atoms with Gasteiger partial charge in [0.15, 0.2) is 0 Å². The van der Waals surface area contributed by atoms with E-state index >= 15 is 0 Å². The predicted molar refractivity (Wildman–Crippen MR) is 129 cm³/mol. The van der Waals surface area contributed by atoms with Gasteiger partial charge in [0.25, 0.3) is 0 Å². The Morgan fingerprint density at radius 3 is 2.37 bits per heavy atom. The largest absolute Gasteiger partial charge is 0.310 e. The van der Waals surface area contributed by atoms with Crippen molar-refractivity contribution in [1.29, 1.82) is 0 Å². The van der Waals surface area contributed by atoms with Gasteiger partial charge in [0.05, 0.1) is 5.52 Å². The SMILES string of the molecule is Cc1cccc2c1C(C)(C)c1cccc3c1B2c1cccc2c4ccccc4n-3c12. The first kappa shape index (κ1) is 16.5. The molecular formula is C28H22BN. The van der Waals surface area contributed by atoms with Crippen LogP contribution in [0.4, 0.5) is 0 Å². The molecule has 142 valence electrons. The van der Waals surface area contributed by atoms with E-state index in [-0.39, 0.29) is 5.41 Å². The van der Waals surface area contributed by atoms with Crippen LogP contribution in [-0.4, -0.2) is 11.3 Å². The van der Waals surface area contributed by atoms with Gasteiger partial charge >= 0.3 is 0 Å². The summed E-state index contributed by atoms with van der Waals surface area (Å²) >= 11 is 0. The molecule has 0 saturated heterocycles. The van der Waals surface area contributed by atoms with Gasteiger partial charge in [-0.2, -0.15) is 0 Å². The molecule has 0 radical (unpaired) electrons. The van der Waals surface area contributed by atoms with Gasteiger partial charge in [-0.25, -0.2) is 0 Å². The van der Waals surface area contributed by atoms with Crippen LogP contribution in [0, 0.1) is 6.92 Å². The number of fused-ring (bicyclic) bond motifs is 7. The van der Waals surface area contributed by atoms with E-state index in [4.69, 9.17) is 0 Å². The topological polar surface area (TPSA) is 4.93 Å². The molecule has 0 aliphatic carbocycles. The fourth-order valence-electron chi connectivity index (χ4n) is 6.52. The van der Waals surface area contributed by atoms with E-state index in [0.717, 1.165) is 0 Å². The average Bonchev–Trinajstić information content (AvgIpc) is 3.09. The maximum Gasteiger partial charge on any atom is 0.247 e. The molecule has 2 aliphatic rings. The Kier molecular flexibility index (Phi) is 2.90. The molecule has 0 atom stereocenters. The van der Waals surface area contributed by atoms with Crippen molar-refractivity contribution < 1.29 is 0 Å². The number of aromatic nitrogens is 1. The lowest BCUT2D eigenvalue weighted by Crippen LogP contribution is -2.63. The Balaban J connectivity index is 1.77. The second-order valence-electron chi connectivity index (χ2n) is 9.43. The van der Waals surface area contributed by atoms with Crippen LogP contribution in [0.25, 0.3) is 27.5 Å². The number of para-hydroxylation sites is 2. The molecule has 2 heteroatoms. The molecule has 4 aromatic carbocycles. The van der Waals surface area contributed by atoms with Crippen LogP contribution < -0.4 is 16.4 Å². The van der Waals surface area contributed by atoms with Gasteiger partial charge in [-0.05, 0) is 46.7 Å². The van der Waals surface area contributed by atoms with Crippen molar-refractivity contribution in [3.8, 4) is 5.69 Å². The van der Waals surface area contributed by atoms with Gasteiger partial charge < -0.3 is 4.57 Å². The summed E-state index contributed by atoms with van der Waals surface area (Å²) in [6, 6.07) is 29.6. The molecule has 0 fully saturated rings. The highest BCUT2D eigenvalue weighted by atomic mass is 15.0. The number of benzene rings is 4. The summed E-state index contributed by atoms with van der Waals surface area (Å²) in [4.78, 5) is 0. The summed E-state index contributed by atoms with van der Waals surface area (Å²) in [6.07, 6.45) is 0. The highest BCUT2D eigenvalue weighted by molar-refractivity contribution is 6.99. The lowest BCUT2D eigenvalue weighted by molar-refractivity contribution is 0.640. The van der Waals surface area contributed by atoms with Crippen molar-refractivity contribution in [2.45, 2.75) is 26.2 Å². The first-order valence-electron chi connectivity index (χ1n) is 10.8. The number of aryl methyl sites for hydroxylation is 1. The molecule has 2 aliphatic heterocycles. The molecular weight excluding hydrogens is 361 g/mol. The molecule has 0 saturated carbocycles. The standard InChI is InChI=1S/C28H22BN/c1-17-9-6-13-21-25(17)28(2,3)20-12-8-16-24-26(20)29(21)22-14-7-11-19-18-10-4-5-15-23(18)30(24)27(19)22/h4-16H,1-3H3. The molecule has 7 rings (SSSR count). The summed E-state index contributed by atoms with van der Waals surface area (Å²) in [5, 5.41) is 2.70. The van der Waals surface area contributed by atoms with Crippen molar-refractivity contribution in [3.63, 3.8) is 0 Å². The highest BCUT2D eigenvalue weighted by Gasteiger charge is 2.45. The van der Waals surface area contributed by atoms with Gasteiger partial charge in [-0.15, -0.1) is 0 Å². The molecule has 0 spiro atoms. The maximum atomic E-state index is 2.52. The van der Waals surface area contributed by atoms with Crippen LogP contribution in [0.15, 0.2) is 78.9 Å². The molecule has 0 N–H and O–H groups in total. The van der Waals surface area contributed by atoms with Crippen LogP contribution in [-0.2, 0) is 5.41 Å². The van der Waals surface area contributed by atoms with Crippen LogP contribution in [0.3, 0.4) is 0 Å². The molecule has 0 bridgehead atoms. The van der Waals surface area contributed by atoms with Crippen molar-refractivity contribution in [2.24, 2.45) is 0 Å². The zero-order valence-electron chi connectivity index (χ0n) is 17.5. The third kappa shape index (κ3) is 1.73. The summed E-state index contributed by atoms with van der Waals surface area (Å²) in [6.45, 7) is 7.36. The summed E-state index contributed by atoms with van der Waals surface area (Å²) in [5.74, 6) is 0. The number of hydrogen-bond acceptors (Lipinski definition) is 0. The van der Waals surface area contributed by atoms with Gasteiger partial charge in [0.2, 0.25) is 6.71 Å². The van der Waals surface area contributed by atoms with Gasteiger partial charge in [-0.1, -0.05) is 86.0 Å². The molecule has 30 heavy (non-hydrogen) atoms. The third-order valence-electron chi connectivity index (χ3n) is 7.56. The molecule has 0 unspecified atom stereocenters. The van der Waals surface area contributed by atoms with Crippen LogP contribution in [0.1, 0.15) is 30.5 Å². The number of rotatable bonds is 0. The van der Waals surface area contributed by atoms with Crippen molar-refractivity contribution in [1.82, 2.24) is 4.57 Å². The van der Waals surface area contributed by atoms with Crippen molar-refractivity contribution in [2.75, 3.05) is 0 Å². The third-order valence-corrected chi connectivity index (χ3v) is 7.56. The normalized spacial score (nSPS) is 15.4. The maximum absolute atomic E-state index is 2.52. The zero-order chi connectivity index (χ0) is 20.2. The Labute approximate surface area is 177 Å². The predicted octanol–water partition coefficient (Wildman–Crippen LogP) is 4.56. The molecule has 1 nitrogen and oxygen atoms in total. The second-order valence-corrected chi connectivity index (χ2v) is 9.43. The van der Waals surface area contributed by atoms with Crippen molar-refractivity contribution in [3.05, 3.63) is 95.6 Å². The van der Waals surface area contributed by atoms with Gasteiger partial charge in [0, 0.05) is 27.4 Å². The Morgan fingerprint density at radius 1 is 0.733 bits per heavy atom. The fourth-order valence-corrected chi connectivity index (χ4v) is 6.52. The summed E-state index contributed by atoms with van der Waals surface area (Å²) in [7, 11) is 0. The summed E-state index contributed by atoms with van der Waals surface area (Å²) in [5.41, 5.74) is 12.8. The van der Waals surface area contributed by atoms with Crippen LogP contribution >= 0.6 is 0 Å². The number of nitrogens with zero attached hydrogens (tertiary/aromatic N) is 1. The minimum absolute atomic E-state index is 0.0170. The van der Waals surface area contributed by atoms with Crippen molar-refractivity contribution >= 4 is 44.9 Å².